The molecule has 0 atom stereocenters. The Bertz CT molecular complexity index is 874. The van der Waals surface area contributed by atoms with Crippen LogP contribution >= 0.6 is 11.6 Å². The summed E-state index contributed by atoms with van der Waals surface area (Å²) in [5.74, 6) is 0.00255. The van der Waals surface area contributed by atoms with Crippen molar-refractivity contribution in [2.45, 2.75) is 12.8 Å². The minimum absolute atomic E-state index is 0.00255. The lowest BCUT2D eigenvalue weighted by atomic mass is 10.0. The van der Waals surface area contributed by atoms with Gasteiger partial charge in [-0.2, -0.15) is 0 Å². The van der Waals surface area contributed by atoms with E-state index < -0.39 is 0 Å². The molecule has 0 saturated heterocycles. The first-order valence-electron chi connectivity index (χ1n) is 8.02. The van der Waals surface area contributed by atoms with Crippen molar-refractivity contribution < 1.29 is 4.79 Å². The summed E-state index contributed by atoms with van der Waals surface area (Å²) in [6, 6.07) is 13.8. The molecule has 0 fully saturated rings. The van der Waals surface area contributed by atoms with Gasteiger partial charge in [-0.25, -0.2) is 0 Å². The van der Waals surface area contributed by atoms with Gasteiger partial charge in [0.2, 0.25) is 0 Å². The number of nitrogens with zero attached hydrogens (tertiary/aromatic N) is 1. The summed E-state index contributed by atoms with van der Waals surface area (Å²) >= 11 is 6.42. The van der Waals surface area contributed by atoms with Crippen molar-refractivity contribution in [3.8, 4) is 0 Å². The van der Waals surface area contributed by atoms with E-state index in [0.717, 1.165) is 39.8 Å². The van der Waals surface area contributed by atoms with Gasteiger partial charge in [0.1, 0.15) is 0 Å². The van der Waals surface area contributed by atoms with Crippen LogP contribution in [0.1, 0.15) is 23.2 Å². The van der Waals surface area contributed by atoms with Crippen LogP contribution in [0.5, 0.6) is 0 Å². The summed E-state index contributed by atoms with van der Waals surface area (Å²) in [7, 11) is 3.96. The highest BCUT2D eigenvalue weighted by Crippen LogP contribution is 2.35. The molecular formula is C21H20ClNO. The molecule has 0 spiro atoms. The number of rotatable bonds is 4. The van der Waals surface area contributed by atoms with E-state index in [-0.39, 0.29) is 5.78 Å². The quantitative estimate of drug-likeness (QED) is 0.556. The van der Waals surface area contributed by atoms with Gasteiger partial charge in [-0.15, -0.1) is 0 Å². The predicted octanol–water partition coefficient (Wildman–Crippen LogP) is 5.31. The molecule has 0 aromatic heterocycles. The molecule has 0 N–H and O–H groups in total. The van der Waals surface area contributed by atoms with Crippen LogP contribution < -0.4 is 0 Å². The second-order valence-electron chi connectivity index (χ2n) is 6.22. The first-order valence-corrected chi connectivity index (χ1v) is 8.40. The molecule has 2 nitrogen and oxygen atoms in total. The van der Waals surface area contributed by atoms with Crippen LogP contribution in [0.2, 0.25) is 0 Å². The lowest BCUT2D eigenvalue weighted by Crippen LogP contribution is -2.02. The van der Waals surface area contributed by atoms with Gasteiger partial charge in [0.15, 0.2) is 5.78 Å². The zero-order chi connectivity index (χ0) is 17.1. The minimum Gasteiger partial charge on any atom is -0.383 e. The lowest BCUT2D eigenvalue weighted by Gasteiger charge is -2.06. The van der Waals surface area contributed by atoms with Crippen molar-refractivity contribution >= 4 is 28.2 Å². The molecule has 1 aliphatic carbocycles. The molecule has 0 radical (unpaired) electrons. The third-order valence-electron chi connectivity index (χ3n) is 4.11. The second kappa shape index (κ2) is 7.06. The van der Waals surface area contributed by atoms with Gasteiger partial charge in [0.05, 0.1) is 0 Å². The number of allylic oxidation sites excluding steroid dienone is 5. The minimum atomic E-state index is 0.00255. The Morgan fingerprint density at radius 1 is 1.08 bits per heavy atom. The van der Waals surface area contributed by atoms with Crippen molar-refractivity contribution in [3.05, 3.63) is 82.6 Å². The maximum Gasteiger partial charge on any atom is 0.185 e. The molecule has 0 unspecified atom stereocenters. The van der Waals surface area contributed by atoms with Crippen LogP contribution in [0.25, 0.3) is 10.8 Å². The molecule has 0 amide bonds. The Hall–Kier alpha value is -2.32. The van der Waals surface area contributed by atoms with Gasteiger partial charge in [-0.3, -0.25) is 4.79 Å². The van der Waals surface area contributed by atoms with E-state index >= 15 is 0 Å². The third-order valence-corrected chi connectivity index (χ3v) is 4.60. The first kappa shape index (κ1) is 16.5. The fraction of sp³-hybridized carbons (Fsp3) is 0.190. The standard InChI is InChI=1S/C21H20ClNO/c1-23(2)14-19-10-8-16(21(19)22)11-12-20(24)18-9-7-15-5-3-4-6-17(15)13-18/h3-7,9,11-14H,8,10H2,1-2H3/b12-11+,19-14-. The van der Waals surface area contributed by atoms with Gasteiger partial charge in [0, 0.05) is 30.9 Å². The lowest BCUT2D eigenvalue weighted by molar-refractivity contribution is 0.104. The van der Waals surface area contributed by atoms with E-state index in [9.17, 15) is 4.79 Å². The summed E-state index contributed by atoms with van der Waals surface area (Å²) < 4.78 is 0. The molecule has 3 heteroatoms. The average Bonchev–Trinajstić information content (AvgIpc) is 2.92. The highest BCUT2D eigenvalue weighted by Gasteiger charge is 2.16. The number of carbonyl (C=O) groups excluding carboxylic acids is 1. The van der Waals surface area contributed by atoms with Gasteiger partial charge >= 0.3 is 0 Å². The summed E-state index contributed by atoms with van der Waals surface area (Å²) in [5.41, 5.74) is 2.85. The normalized spacial score (nSPS) is 16.5. The SMILES string of the molecule is CN(C)/C=C1/CCC(/C=C/C(=O)c2ccc3ccccc3c2)=C1Cl. The maximum atomic E-state index is 12.4. The summed E-state index contributed by atoms with van der Waals surface area (Å²) in [5, 5.41) is 2.98. The topological polar surface area (TPSA) is 20.3 Å². The van der Waals surface area contributed by atoms with Crippen molar-refractivity contribution in [2.75, 3.05) is 14.1 Å². The highest BCUT2D eigenvalue weighted by atomic mass is 35.5. The Balaban J connectivity index is 1.81. The number of hydrogen-bond donors (Lipinski definition) is 0. The van der Waals surface area contributed by atoms with E-state index in [2.05, 4.69) is 0 Å². The Morgan fingerprint density at radius 3 is 2.58 bits per heavy atom. The molecule has 0 heterocycles. The fourth-order valence-corrected chi connectivity index (χ4v) is 3.20. The maximum absolute atomic E-state index is 12.4. The van der Waals surface area contributed by atoms with E-state index in [1.165, 1.54) is 0 Å². The monoisotopic (exact) mass is 337 g/mol. The second-order valence-corrected chi connectivity index (χ2v) is 6.59. The van der Waals surface area contributed by atoms with Gasteiger partial charge in [-0.1, -0.05) is 54.1 Å². The average molecular weight is 338 g/mol. The van der Waals surface area contributed by atoms with Crippen LogP contribution in [0, 0.1) is 0 Å². The molecule has 0 bridgehead atoms. The molecule has 122 valence electrons. The molecule has 0 saturated carbocycles. The molecule has 0 aliphatic heterocycles. The summed E-state index contributed by atoms with van der Waals surface area (Å²) in [6.07, 6.45) is 7.31. The van der Waals surface area contributed by atoms with E-state index in [1.54, 1.807) is 6.08 Å². The number of carbonyl (C=O) groups is 1. The predicted molar refractivity (Wildman–Crippen MR) is 101 cm³/mol. The molecule has 3 rings (SSSR count). The van der Waals surface area contributed by atoms with Crippen LogP contribution in [0.3, 0.4) is 0 Å². The van der Waals surface area contributed by atoms with E-state index in [4.69, 9.17) is 11.6 Å². The van der Waals surface area contributed by atoms with Gasteiger partial charge in [0.25, 0.3) is 0 Å². The van der Waals surface area contributed by atoms with Crippen molar-refractivity contribution in [1.29, 1.82) is 0 Å². The fourth-order valence-electron chi connectivity index (χ4n) is 2.90. The third kappa shape index (κ3) is 3.60. The zero-order valence-electron chi connectivity index (χ0n) is 13.9. The Labute approximate surface area is 147 Å². The van der Waals surface area contributed by atoms with Crippen molar-refractivity contribution in [2.24, 2.45) is 0 Å². The summed E-state index contributed by atoms with van der Waals surface area (Å²) in [4.78, 5) is 14.4. The number of ketones is 1. The van der Waals surface area contributed by atoms with Gasteiger partial charge < -0.3 is 4.90 Å². The van der Waals surface area contributed by atoms with E-state index in [0.29, 0.717) is 5.56 Å². The van der Waals surface area contributed by atoms with Crippen molar-refractivity contribution in [1.82, 2.24) is 4.90 Å². The molecule has 2 aromatic rings. The van der Waals surface area contributed by atoms with Crippen LogP contribution in [0.4, 0.5) is 0 Å². The van der Waals surface area contributed by atoms with Crippen molar-refractivity contribution in [3.63, 3.8) is 0 Å². The van der Waals surface area contributed by atoms with E-state index in [1.807, 2.05) is 73.7 Å². The smallest absolute Gasteiger partial charge is 0.185 e. The summed E-state index contributed by atoms with van der Waals surface area (Å²) in [6.45, 7) is 0. The number of fused-ring (bicyclic) bond motifs is 1. The number of hydrogen-bond acceptors (Lipinski definition) is 2. The first-order chi connectivity index (χ1) is 11.5. The van der Waals surface area contributed by atoms with Crippen LogP contribution in [-0.4, -0.2) is 24.8 Å². The van der Waals surface area contributed by atoms with Crippen LogP contribution in [0.15, 0.2) is 77.0 Å². The largest absolute Gasteiger partial charge is 0.383 e. The van der Waals surface area contributed by atoms with Gasteiger partial charge in [-0.05, 0) is 46.9 Å². The molecule has 2 aromatic carbocycles. The number of halogens is 1. The highest BCUT2D eigenvalue weighted by molar-refractivity contribution is 6.33. The molecular weight excluding hydrogens is 318 g/mol. The Kier molecular flexibility index (Phi) is 4.86. The number of benzene rings is 2. The Morgan fingerprint density at radius 2 is 1.83 bits per heavy atom. The molecule has 24 heavy (non-hydrogen) atoms. The van der Waals surface area contributed by atoms with Crippen LogP contribution in [-0.2, 0) is 0 Å². The zero-order valence-corrected chi connectivity index (χ0v) is 14.7. The molecule has 1 aliphatic rings.